The van der Waals surface area contributed by atoms with Crippen LogP contribution in [0.25, 0.3) is 10.9 Å². The van der Waals surface area contributed by atoms with E-state index < -0.39 is 11.6 Å². The van der Waals surface area contributed by atoms with E-state index in [-0.39, 0.29) is 11.4 Å². The molecule has 0 aliphatic carbocycles. The minimum atomic E-state index is -0.987. The van der Waals surface area contributed by atoms with E-state index in [1.54, 1.807) is 4.90 Å². The minimum absolute atomic E-state index is 0.0592. The lowest BCUT2D eigenvalue weighted by Gasteiger charge is -2.18. The average Bonchev–Trinajstić information content (AvgIpc) is 2.44. The minimum Gasteiger partial charge on any atom is -0.339 e. The quantitative estimate of drug-likeness (QED) is 0.853. The highest BCUT2D eigenvalue weighted by atomic mass is 19.2. The van der Waals surface area contributed by atoms with E-state index in [0.717, 1.165) is 6.07 Å². The topological polar surface area (TPSA) is 33.2 Å². The first-order chi connectivity index (χ1) is 9.08. The van der Waals surface area contributed by atoms with Crippen molar-refractivity contribution < 1.29 is 13.6 Å². The van der Waals surface area contributed by atoms with E-state index in [1.165, 1.54) is 18.3 Å². The monoisotopic (exact) mass is 264 g/mol. The van der Waals surface area contributed by atoms with Crippen LogP contribution in [-0.4, -0.2) is 28.9 Å². The number of halogens is 2. The van der Waals surface area contributed by atoms with Gasteiger partial charge in [-0.25, -0.2) is 8.78 Å². The van der Waals surface area contributed by atoms with Crippen LogP contribution in [0.5, 0.6) is 0 Å². The number of amides is 1. The molecule has 1 aromatic carbocycles. The number of pyridine rings is 1. The van der Waals surface area contributed by atoms with Crippen LogP contribution < -0.4 is 0 Å². The number of benzene rings is 1. The fourth-order valence-electron chi connectivity index (χ4n) is 1.95. The summed E-state index contributed by atoms with van der Waals surface area (Å²) >= 11 is 0. The summed E-state index contributed by atoms with van der Waals surface area (Å²) < 4.78 is 26.5. The van der Waals surface area contributed by atoms with Gasteiger partial charge in [0.2, 0.25) is 0 Å². The van der Waals surface area contributed by atoms with Crippen molar-refractivity contribution in [2.24, 2.45) is 0 Å². The van der Waals surface area contributed by atoms with Crippen LogP contribution in [-0.2, 0) is 0 Å². The second-order valence-corrected chi connectivity index (χ2v) is 4.13. The lowest BCUT2D eigenvalue weighted by molar-refractivity contribution is 0.0773. The number of hydrogen-bond donors (Lipinski definition) is 0. The lowest BCUT2D eigenvalue weighted by atomic mass is 10.1. The van der Waals surface area contributed by atoms with Gasteiger partial charge in [-0.1, -0.05) is 0 Å². The molecule has 19 heavy (non-hydrogen) atoms. The van der Waals surface area contributed by atoms with Gasteiger partial charge in [0.1, 0.15) is 5.52 Å². The predicted molar refractivity (Wildman–Crippen MR) is 68.9 cm³/mol. The third-order valence-corrected chi connectivity index (χ3v) is 3.04. The first kappa shape index (κ1) is 13.4. The largest absolute Gasteiger partial charge is 0.339 e. The molecule has 0 unspecified atom stereocenters. The lowest BCUT2D eigenvalue weighted by Crippen LogP contribution is -2.30. The Morgan fingerprint density at radius 3 is 2.58 bits per heavy atom. The summed E-state index contributed by atoms with van der Waals surface area (Å²) in [7, 11) is 0. The summed E-state index contributed by atoms with van der Waals surface area (Å²) in [5, 5.41) is 0.414. The van der Waals surface area contributed by atoms with Crippen molar-refractivity contribution in [3.05, 3.63) is 41.6 Å². The summed E-state index contributed by atoms with van der Waals surface area (Å²) in [6, 6.07) is 3.98. The molecule has 0 fully saturated rings. The molecular weight excluding hydrogens is 250 g/mol. The van der Waals surface area contributed by atoms with Crippen molar-refractivity contribution in [3.63, 3.8) is 0 Å². The Bertz CT molecular complexity index is 624. The normalized spacial score (nSPS) is 10.7. The Morgan fingerprint density at radius 2 is 1.95 bits per heavy atom. The first-order valence-corrected chi connectivity index (χ1v) is 6.11. The molecule has 0 aliphatic heterocycles. The zero-order valence-electron chi connectivity index (χ0n) is 10.8. The average molecular weight is 264 g/mol. The Morgan fingerprint density at radius 1 is 1.26 bits per heavy atom. The van der Waals surface area contributed by atoms with Crippen molar-refractivity contribution in [3.8, 4) is 0 Å². The van der Waals surface area contributed by atoms with Crippen molar-refractivity contribution in [2.75, 3.05) is 13.1 Å². The van der Waals surface area contributed by atoms with Crippen LogP contribution >= 0.6 is 0 Å². The molecule has 0 aliphatic rings. The summed E-state index contributed by atoms with van der Waals surface area (Å²) in [4.78, 5) is 17.6. The van der Waals surface area contributed by atoms with Crippen LogP contribution in [0.4, 0.5) is 8.78 Å². The fourth-order valence-corrected chi connectivity index (χ4v) is 1.95. The standard InChI is InChI=1S/C14H14F2N2O/c1-3-18(4-2)14(19)10-7-9-5-6-11(15)12(16)13(9)17-8-10/h5-8H,3-4H2,1-2H3. The Balaban J connectivity index is 2.48. The highest BCUT2D eigenvalue weighted by Crippen LogP contribution is 2.19. The molecule has 5 heteroatoms. The van der Waals surface area contributed by atoms with E-state index in [9.17, 15) is 13.6 Å². The van der Waals surface area contributed by atoms with E-state index in [1.807, 2.05) is 13.8 Å². The first-order valence-electron chi connectivity index (χ1n) is 6.11. The fraction of sp³-hybridized carbons (Fsp3) is 0.286. The molecule has 0 N–H and O–H groups in total. The molecule has 2 rings (SSSR count). The van der Waals surface area contributed by atoms with Gasteiger partial charge in [-0.15, -0.1) is 0 Å². The third-order valence-electron chi connectivity index (χ3n) is 3.04. The molecule has 3 nitrogen and oxygen atoms in total. The van der Waals surface area contributed by atoms with Crippen molar-refractivity contribution in [1.82, 2.24) is 9.88 Å². The van der Waals surface area contributed by atoms with Crippen LogP contribution in [0.2, 0.25) is 0 Å². The summed E-state index contributed by atoms with van der Waals surface area (Å²) in [5.74, 6) is -2.09. The predicted octanol–water partition coefficient (Wildman–Crippen LogP) is 3.00. The zero-order chi connectivity index (χ0) is 14.0. The van der Waals surface area contributed by atoms with Gasteiger partial charge < -0.3 is 4.90 Å². The summed E-state index contributed by atoms with van der Waals surface area (Å²) in [6.07, 6.45) is 1.28. The van der Waals surface area contributed by atoms with E-state index in [2.05, 4.69) is 4.98 Å². The summed E-state index contributed by atoms with van der Waals surface area (Å²) in [5.41, 5.74) is 0.318. The van der Waals surface area contributed by atoms with Crippen molar-refractivity contribution in [1.29, 1.82) is 0 Å². The smallest absolute Gasteiger partial charge is 0.255 e. The highest BCUT2D eigenvalue weighted by molar-refractivity contribution is 5.97. The van der Waals surface area contributed by atoms with Gasteiger partial charge in [0.05, 0.1) is 5.56 Å². The van der Waals surface area contributed by atoms with Crippen molar-refractivity contribution in [2.45, 2.75) is 13.8 Å². The van der Waals surface area contributed by atoms with Crippen LogP contribution in [0.1, 0.15) is 24.2 Å². The molecule has 2 aromatic rings. The number of carbonyl (C=O) groups excluding carboxylic acids is 1. The van der Waals surface area contributed by atoms with Crippen LogP contribution in [0.3, 0.4) is 0 Å². The molecule has 0 spiro atoms. The SMILES string of the molecule is CCN(CC)C(=O)c1cnc2c(F)c(F)ccc2c1. The zero-order valence-corrected chi connectivity index (χ0v) is 10.8. The van der Waals surface area contributed by atoms with Crippen molar-refractivity contribution >= 4 is 16.8 Å². The molecule has 0 bridgehead atoms. The molecule has 1 amide bonds. The maximum Gasteiger partial charge on any atom is 0.255 e. The number of rotatable bonds is 3. The molecule has 1 heterocycles. The van der Waals surface area contributed by atoms with Crippen LogP contribution in [0, 0.1) is 11.6 Å². The van der Waals surface area contributed by atoms with E-state index in [4.69, 9.17) is 0 Å². The Labute approximate surface area is 109 Å². The van der Waals surface area contributed by atoms with Crippen LogP contribution in [0.15, 0.2) is 24.4 Å². The van der Waals surface area contributed by atoms with Gasteiger partial charge >= 0.3 is 0 Å². The van der Waals surface area contributed by atoms with Gasteiger partial charge in [-0.05, 0) is 32.0 Å². The highest BCUT2D eigenvalue weighted by Gasteiger charge is 2.15. The molecule has 1 aromatic heterocycles. The maximum absolute atomic E-state index is 13.5. The second-order valence-electron chi connectivity index (χ2n) is 4.13. The Kier molecular flexibility index (Phi) is 3.74. The van der Waals surface area contributed by atoms with Gasteiger partial charge in [0.25, 0.3) is 5.91 Å². The van der Waals surface area contributed by atoms with Gasteiger partial charge in [-0.3, -0.25) is 9.78 Å². The number of fused-ring (bicyclic) bond motifs is 1. The Hall–Kier alpha value is -2.04. The number of carbonyl (C=O) groups is 1. The molecule has 0 radical (unpaired) electrons. The molecule has 0 saturated carbocycles. The number of nitrogens with zero attached hydrogens (tertiary/aromatic N) is 2. The molecular formula is C14H14F2N2O. The number of aromatic nitrogens is 1. The summed E-state index contributed by atoms with van der Waals surface area (Å²) in [6.45, 7) is 4.94. The van der Waals surface area contributed by atoms with E-state index in [0.29, 0.717) is 24.0 Å². The van der Waals surface area contributed by atoms with Gasteiger partial charge in [0, 0.05) is 24.7 Å². The third kappa shape index (κ3) is 2.41. The van der Waals surface area contributed by atoms with E-state index >= 15 is 0 Å². The van der Waals surface area contributed by atoms with Gasteiger partial charge in [0.15, 0.2) is 11.6 Å². The molecule has 100 valence electrons. The molecule has 0 atom stereocenters. The molecule has 0 saturated heterocycles. The van der Waals surface area contributed by atoms with Gasteiger partial charge in [-0.2, -0.15) is 0 Å². The number of hydrogen-bond acceptors (Lipinski definition) is 2. The maximum atomic E-state index is 13.5. The second kappa shape index (κ2) is 5.30.